The minimum Gasteiger partial charge on any atom is -0.507 e. The van der Waals surface area contributed by atoms with Crippen LogP contribution in [0.1, 0.15) is 15.9 Å². The van der Waals surface area contributed by atoms with Gasteiger partial charge in [-0.05, 0) is 35.0 Å². The van der Waals surface area contributed by atoms with E-state index in [1.807, 2.05) is 24.3 Å². The number of phenols is 1. The Morgan fingerprint density at radius 2 is 1.90 bits per heavy atom. The number of hydrogen-bond donors (Lipinski definition) is 3. The van der Waals surface area contributed by atoms with Crippen molar-refractivity contribution in [2.45, 2.75) is 0 Å². The van der Waals surface area contributed by atoms with Gasteiger partial charge >= 0.3 is 0 Å². The zero-order valence-corrected chi connectivity index (χ0v) is 15.2. The summed E-state index contributed by atoms with van der Waals surface area (Å²) in [7, 11) is 0. The number of nitrogens with zero attached hydrogens (tertiary/aromatic N) is 1. The van der Waals surface area contributed by atoms with Crippen molar-refractivity contribution in [3.63, 3.8) is 0 Å². The quantitative estimate of drug-likeness (QED) is 0.456. The smallest absolute Gasteiger partial charge is 0.259 e. The average molecular weight is 391 g/mol. The third-order valence-electron chi connectivity index (χ3n) is 4.37. The molecule has 0 aliphatic carbocycles. The standard InChI is InChI=1S/C21H17N3O5/c25-17-7-5-13-3-1-2-4-15(13)16(17)10-23-24-20(26)11-22-21(27)14-6-8-18-19(9-14)29-12-28-18/h1-10,25H,11-12H2,(H,22,27)(H,24,26)/b23-10+. The molecule has 0 saturated carbocycles. The van der Waals surface area contributed by atoms with E-state index in [-0.39, 0.29) is 19.1 Å². The number of carbonyl (C=O) groups excluding carboxylic acids is 2. The number of nitrogens with one attached hydrogen (secondary N) is 2. The Bertz CT molecular complexity index is 1130. The Kier molecular flexibility index (Phi) is 4.98. The summed E-state index contributed by atoms with van der Waals surface area (Å²) in [4.78, 5) is 24.1. The van der Waals surface area contributed by atoms with E-state index in [1.165, 1.54) is 6.21 Å². The van der Waals surface area contributed by atoms with Crippen LogP contribution in [-0.4, -0.2) is 36.5 Å². The molecule has 0 unspecified atom stereocenters. The Labute approximate surface area is 165 Å². The monoisotopic (exact) mass is 391 g/mol. The predicted molar refractivity (Wildman–Crippen MR) is 106 cm³/mol. The van der Waals surface area contributed by atoms with E-state index in [1.54, 1.807) is 30.3 Å². The first-order chi connectivity index (χ1) is 14.1. The Morgan fingerprint density at radius 3 is 2.79 bits per heavy atom. The minimum absolute atomic E-state index is 0.0535. The number of phenolic OH excluding ortho intramolecular Hbond substituents is 1. The molecule has 0 aromatic heterocycles. The minimum atomic E-state index is -0.505. The van der Waals surface area contributed by atoms with Gasteiger partial charge in [-0.2, -0.15) is 5.10 Å². The van der Waals surface area contributed by atoms with E-state index in [9.17, 15) is 14.7 Å². The average Bonchev–Trinajstić information content (AvgIpc) is 3.21. The summed E-state index contributed by atoms with van der Waals surface area (Å²) in [6.45, 7) is -0.140. The third kappa shape index (κ3) is 3.96. The van der Waals surface area contributed by atoms with Crippen LogP contribution in [0.5, 0.6) is 17.2 Å². The number of aromatic hydroxyl groups is 1. The lowest BCUT2D eigenvalue weighted by molar-refractivity contribution is -0.120. The zero-order valence-electron chi connectivity index (χ0n) is 15.2. The molecule has 8 heteroatoms. The molecule has 0 bridgehead atoms. The molecule has 4 rings (SSSR count). The van der Waals surface area contributed by atoms with Gasteiger partial charge in [0.2, 0.25) is 6.79 Å². The number of carbonyl (C=O) groups is 2. The highest BCUT2D eigenvalue weighted by molar-refractivity contribution is 6.02. The number of hydrogen-bond acceptors (Lipinski definition) is 6. The van der Waals surface area contributed by atoms with Gasteiger partial charge in [-0.3, -0.25) is 9.59 Å². The fourth-order valence-corrected chi connectivity index (χ4v) is 2.93. The van der Waals surface area contributed by atoms with E-state index in [4.69, 9.17) is 9.47 Å². The van der Waals surface area contributed by atoms with Gasteiger partial charge in [0, 0.05) is 11.1 Å². The van der Waals surface area contributed by atoms with Crippen molar-refractivity contribution in [2.75, 3.05) is 13.3 Å². The predicted octanol–water partition coefficient (Wildman–Crippen LogP) is 2.15. The molecule has 3 aromatic carbocycles. The van der Waals surface area contributed by atoms with Crippen LogP contribution in [0.25, 0.3) is 10.8 Å². The van der Waals surface area contributed by atoms with Crippen molar-refractivity contribution < 1.29 is 24.2 Å². The molecular weight excluding hydrogens is 374 g/mol. The van der Waals surface area contributed by atoms with E-state index in [0.29, 0.717) is 22.6 Å². The van der Waals surface area contributed by atoms with E-state index in [2.05, 4.69) is 15.8 Å². The number of hydrazone groups is 1. The Hall–Kier alpha value is -4.07. The van der Waals surface area contributed by atoms with Crippen LogP contribution in [-0.2, 0) is 4.79 Å². The molecule has 0 atom stereocenters. The number of ether oxygens (including phenoxy) is 2. The molecule has 1 aliphatic rings. The molecular formula is C21H17N3O5. The highest BCUT2D eigenvalue weighted by Gasteiger charge is 2.16. The number of rotatable bonds is 5. The molecule has 1 heterocycles. The van der Waals surface area contributed by atoms with Crippen LogP contribution in [0.3, 0.4) is 0 Å². The highest BCUT2D eigenvalue weighted by atomic mass is 16.7. The zero-order chi connectivity index (χ0) is 20.2. The van der Waals surface area contributed by atoms with Crippen molar-refractivity contribution in [3.05, 3.63) is 65.7 Å². The largest absolute Gasteiger partial charge is 0.507 e. The van der Waals surface area contributed by atoms with Crippen LogP contribution in [0, 0.1) is 0 Å². The van der Waals surface area contributed by atoms with Crippen molar-refractivity contribution in [1.29, 1.82) is 0 Å². The first-order valence-electron chi connectivity index (χ1n) is 8.82. The number of fused-ring (bicyclic) bond motifs is 2. The molecule has 146 valence electrons. The van der Waals surface area contributed by atoms with Gasteiger partial charge in [0.25, 0.3) is 11.8 Å². The molecule has 0 radical (unpaired) electrons. The maximum atomic E-state index is 12.2. The molecule has 3 aromatic rings. The summed E-state index contributed by atoms with van der Waals surface area (Å²) in [5, 5.41) is 18.2. The van der Waals surface area contributed by atoms with Crippen LogP contribution >= 0.6 is 0 Å². The van der Waals surface area contributed by atoms with Gasteiger partial charge in [0.15, 0.2) is 11.5 Å². The molecule has 2 amide bonds. The Morgan fingerprint density at radius 1 is 1.07 bits per heavy atom. The maximum Gasteiger partial charge on any atom is 0.259 e. The highest BCUT2D eigenvalue weighted by Crippen LogP contribution is 2.32. The summed E-state index contributed by atoms with van der Waals surface area (Å²) < 4.78 is 10.4. The second kappa shape index (κ2) is 7.89. The van der Waals surface area contributed by atoms with Crippen LogP contribution in [0.4, 0.5) is 0 Å². The normalized spacial score (nSPS) is 12.3. The van der Waals surface area contributed by atoms with Crippen LogP contribution in [0.2, 0.25) is 0 Å². The van der Waals surface area contributed by atoms with Gasteiger partial charge < -0.3 is 19.9 Å². The lowest BCUT2D eigenvalue weighted by atomic mass is 10.0. The molecule has 0 spiro atoms. The Balaban J connectivity index is 1.35. The van der Waals surface area contributed by atoms with Crippen molar-refractivity contribution in [1.82, 2.24) is 10.7 Å². The van der Waals surface area contributed by atoms with E-state index < -0.39 is 11.8 Å². The molecule has 0 fully saturated rings. The first-order valence-corrected chi connectivity index (χ1v) is 8.82. The summed E-state index contributed by atoms with van der Waals surface area (Å²) in [5.41, 5.74) is 3.18. The van der Waals surface area contributed by atoms with Crippen molar-refractivity contribution >= 4 is 28.8 Å². The molecule has 8 nitrogen and oxygen atoms in total. The summed E-state index contributed by atoms with van der Waals surface area (Å²) in [6.07, 6.45) is 1.37. The van der Waals surface area contributed by atoms with Gasteiger partial charge in [-0.25, -0.2) is 5.43 Å². The SMILES string of the molecule is O=C(CNC(=O)c1ccc2c(c1)OCO2)N/N=C/c1c(O)ccc2ccccc12. The lowest BCUT2D eigenvalue weighted by Crippen LogP contribution is -2.34. The second-order valence-corrected chi connectivity index (χ2v) is 6.26. The fourth-order valence-electron chi connectivity index (χ4n) is 2.93. The molecule has 3 N–H and O–H groups in total. The molecule has 29 heavy (non-hydrogen) atoms. The lowest BCUT2D eigenvalue weighted by Gasteiger charge is -2.06. The van der Waals surface area contributed by atoms with E-state index >= 15 is 0 Å². The van der Waals surface area contributed by atoms with Gasteiger partial charge in [-0.1, -0.05) is 30.3 Å². The van der Waals surface area contributed by atoms with Gasteiger partial charge in [0.05, 0.1) is 12.8 Å². The molecule has 1 aliphatic heterocycles. The summed E-state index contributed by atoms with van der Waals surface area (Å²) in [5.74, 6) is 0.189. The molecule has 0 saturated heterocycles. The van der Waals surface area contributed by atoms with E-state index in [0.717, 1.165) is 10.8 Å². The van der Waals surface area contributed by atoms with Crippen molar-refractivity contribution in [2.24, 2.45) is 5.10 Å². The summed E-state index contributed by atoms with van der Waals surface area (Å²) >= 11 is 0. The number of benzene rings is 3. The maximum absolute atomic E-state index is 12.2. The first kappa shape index (κ1) is 18.3. The van der Waals surface area contributed by atoms with Crippen LogP contribution < -0.4 is 20.2 Å². The topological polar surface area (TPSA) is 109 Å². The second-order valence-electron chi connectivity index (χ2n) is 6.26. The van der Waals surface area contributed by atoms with Crippen molar-refractivity contribution in [3.8, 4) is 17.2 Å². The van der Waals surface area contributed by atoms with Crippen LogP contribution in [0.15, 0.2) is 59.7 Å². The fraction of sp³-hybridized carbons (Fsp3) is 0.0952. The number of amides is 2. The third-order valence-corrected chi connectivity index (χ3v) is 4.37. The van der Waals surface area contributed by atoms with Gasteiger partial charge in [0.1, 0.15) is 5.75 Å². The summed E-state index contributed by atoms with van der Waals surface area (Å²) in [6, 6.07) is 15.6. The van der Waals surface area contributed by atoms with Gasteiger partial charge in [-0.15, -0.1) is 0 Å².